The van der Waals surface area contributed by atoms with E-state index in [1.54, 1.807) is 33.7 Å². The first-order valence-corrected chi connectivity index (χ1v) is 10.4. The topological polar surface area (TPSA) is 96.2 Å². The largest absolute Gasteiger partial charge is 0.420 e. The summed E-state index contributed by atoms with van der Waals surface area (Å²) in [5.74, 6) is 0.101. The molecule has 158 valence electrons. The van der Waals surface area contributed by atoms with E-state index in [-0.39, 0.29) is 17.8 Å². The van der Waals surface area contributed by atoms with Crippen LogP contribution in [0.4, 0.5) is 10.6 Å². The van der Waals surface area contributed by atoms with Gasteiger partial charge in [0.2, 0.25) is 0 Å². The molecule has 2 aromatic heterocycles. The number of urea groups is 1. The third-order valence-electron chi connectivity index (χ3n) is 5.60. The molecule has 2 aromatic carbocycles. The zero-order valence-electron chi connectivity index (χ0n) is 16.5. The fourth-order valence-corrected chi connectivity index (χ4v) is 4.13. The Morgan fingerprint density at radius 3 is 2.65 bits per heavy atom. The highest BCUT2D eigenvalue weighted by Gasteiger charge is 2.27. The Bertz CT molecular complexity index is 1280. The van der Waals surface area contributed by atoms with E-state index >= 15 is 0 Å². The summed E-state index contributed by atoms with van der Waals surface area (Å²) in [5, 5.41) is 10.6. The van der Waals surface area contributed by atoms with Crippen molar-refractivity contribution in [3.63, 3.8) is 0 Å². The van der Waals surface area contributed by atoms with E-state index in [0.29, 0.717) is 42.4 Å². The second-order valence-electron chi connectivity index (χ2n) is 7.53. The zero-order chi connectivity index (χ0) is 21.4. The van der Waals surface area contributed by atoms with Crippen LogP contribution < -0.4 is 11.1 Å². The van der Waals surface area contributed by atoms with Crippen LogP contribution in [-0.4, -0.2) is 38.8 Å². The maximum Gasteiger partial charge on any atom is 0.420 e. The first-order chi connectivity index (χ1) is 15.1. The van der Waals surface area contributed by atoms with Gasteiger partial charge in [-0.15, -0.1) is 0 Å². The van der Waals surface area contributed by atoms with Crippen molar-refractivity contribution < 1.29 is 9.21 Å². The first-order valence-electron chi connectivity index (χ1n) is 10.1. The summed E-state index contributed by atoms with van der Waals surface area (Å²) in [7, 11) is 0. The standard InChI is InChI=1S/C22H20ClN5O3/c23-15-7-5-14(6-8-15)17-13-20(26-25-17)24-21(29)27-11-9-16(10-12-27)28-18-3-1-2-4-19(18)31-22(28)30/h1-8,13,16H,9-12H2,(H2,24,25,26,29). The number of nitrogens with one attached hydrogen (secondary N) is 2. The smallest absolute Gasteiger partial charge is 0.408 e. The Labute approximate surface area is 182 Å². The Balaban J connectivity index is 1.23. The number of H-pyrrole nitrogens is 1. The fraction of sp³-hybridized carbons (Fsp3) is 0.227. The lowest BCUT2D eigenvalue weighted by atomic mass is 10.0. The van der Waals surface area contributed by atoms with Crippen molar-refractivity contribution in [2.24, 2.45) is 0 Å². The number of anilines is 1. The molecule has 1 aliphatic heterocycles. The molecule has 1 aliphatic rings. The molecule has 1 fully saturated rings. The maximum absolute atomic E-state index is 12.7. The number of aromatic amines is 1. The number of carbonyl (C=O) groups is 1. The molecular weight excluding hydrogens is 418 g/mol. The molecule has 0 spiro atoms. The predicted molar refractivity (Wildman–Crippen MR) is 118 cm³/mol. The third-order valence-corrected chi connectivity index (χ3v) is 5.86. The van der Waals surface area contributed by atoms with E-state index in [9.17, 15) is 9.59 Å². The van der Waals surface area contributed by atoms with Crippen molar-refractivity contribution >= 4 is 34.5 Å². The molecule has 0 bridgehead atoms. The molecule has 8 nitrogen and oxygen atoms in total. The first kappa shape index (κ1) is 19.4. The van der Waals surface area contributed by atoms with E-state index in [4.69, 9.17) is 16.0 Å². The Morgan fingerprint density at radius 1 is 1.13 bits per heavy atom. The number of rotatable bonds is 3. The van der Waals surface area contributed by atoms with Crippen molar-refractivity contribution in [1.82, 2.24) is 19.7 Å². The van der Waals surface area contributed by atoms with Gasteiger partial charge in [-0.3, -0.25) is 15.0 Å². The molecule has 0 radical (unpaired) electrons. The van der Waals surface area contributed by atoms with Crippen LogP contribution in [0, 0.1) is 0 Å². The van der Waals surface area contributed by atoms with Crippen LogP contribution in [0.15, 0.2) is 63.8 Å². The van der Waals surface area contributed by atoms with Gasteiger partial charge in [0.15, 0.2) is 11.4 Å². The molecule has 31 heavy (non-hydrogen) atoms. The monoisotopic (exact) mass is 437 g/mol. The van der Waals surface area contributed by atoms with E-state index < -0.39 is 0 Å². The van der Waals surface area contributed by atoms with Gasteiger partial charge in [0.25, 0.3) is 0 Å². The number of fused-ring (bicyclic) bond motifs is 1. The number of likely N-dealkylation sites (tertiary alicyclic amines) is 1. The van der Waals surface area contributed by atoms with Gasteiger partial charge in [0, 0.05) is 30.2 Å². The number of benzene rings is 2. The molecule has 0 aliphatic carbocycles. The minimum Gasteiger partial charge on any atom is -0.408 e. The van der Waals surface area contributed by atoms with Gasteiger partial charge in [0.05, 0.1) is 11.2 Å². The predicted octanol–water partition coefficient (Wildman–Crippen LogP) is 4.51. The van der Waals surface area contributed by atoms with Gasteiger partial charge in [-0.2, -0.15) is 5.10 Å². The highest BCUT2D eigenvalue weighted by atomic mass is 35.5. The van der Waals surface area contributed by atoms with Crippen molar-refractivity contribution in [2.75, 3.05) is 18.4 Å². The molecule has 2 N–H and O–H groups in total. The highest BCUT2D eigenvalue weighted by Crippen LogP contribution is 2.26. The van der Waals surface area contributed by atoms with Crippen molar-refractivity contribution in [2.45, 2.75) is 18.9 Å². The molecule has 4 aromatic rings. The lowest BCUT2D eigenvalue weighted by Gasteiger charge is -2.32. The quantitative estimate of drug-likeness (QED) is 0.493. The molecule has 0 unspecified atom stereocenters. The average Bonchev–Trinajstić information content (AvgIpc) is 3.38. The molecule has 9 heteroatoms. The number of oxazole rings is 1. The summed E-state index contributed by atoms with van der Waals surface area (Å²) >= 11 is 5.93. The van der Waals surface area contributed by atoms with Crippen LogP contribution >= 0.6 is 11.6 Å². The van der Waals surface area contributed by atoms with E-state index in [1.807, 2.05) is 30.3 Å². The maximum atomic E-state index is 12.7. The van der Waals surface area contributed by atoms with Gasteiger partial charge in [-0.25, -0.2) is 9.59 Å². The average molecular weight is 438 g/mol. The SMILES string of the molecule is O=C(Nc1cc(-c2ccc(Cl)cc2)[nH]n1)N1CCC(n2c(=O)oc3ccccc32)CC1. The molecule has 1 saturated heterocycles. The number of hydrogen-bond donors (Lipinski definition) is 2. The summed E-state index contributed by atoms with van der Waals surface area (Å²) in [6.45, 7) is 1.08. The number of nitrogens with zero attached hydrogens (tertiary/aromatic N) is 3. The molecular formula is C22H20ClN5O3. The van der Waals surface area contributed by atoms with Crippen LogP contribution in [-0.2, 0) is 0 Å². The lowest BCUT2D eigenvalue weighted by Crippen LogP contribution is -2.42. The van der Waals surface area contributed by atoms with Crippen LogP contribution in [0.2, 0.25) is 5.02 Å². The van der Waals surface area contributed by atoms with Crippen LogP contribution in [0.25, 0.3) is 22.4 Å². The summed E-state index contributed by atoms with van der Waals surface area (Å²) in [6.07, 6.45) is 1.35. The van der Waals surface area contributed by atoms with Gasteiger partial charge >= 0.3 is 11.8 Å². The summed E-state index contributed by atoms with van der Waals surface area (Å²) < 4.78 is 7.05. The highest BCUT2D eigenvalue weighted by molar-refractivity contribution is 6.30. The third kappa shape index (κ3) is 3.82. The van der Waals surface area contributed by atoms with E-state index in [2.05, 4.69) is 15.5 Å². The molecule has 0 atom stereocenters. The van der Waals surface area contributed by atoms with Crippen molar-refractivity contribution in [3.8, 4) is 11.3 Å². The normalized spacial score (nSPS) is 14.8. The Morgan fingerprint density at radius 2 is 1.87 bits per heavy atom. The number of para-hydroxylation sites is 2. The van der Waals surface area contributed by atoms with Gasteiger partial charge < -0.3 is 9.32 Å². The van der Waals surface area contributed by atoms with Crippen LogP contribution in [0.1, 0.15) is 18.9 Å². The minimum absolute atomic E-state index is 0.00194. The number of halogens is 1. The minimum atomic E-state index is -0.352. The van der Waals surface area contributed by atoms with Crippen molar-refractivity contribution in [3.05, 3.63) is 70.2 Å². The van der Waals surface area contributed by atoms with Gasteiger partial charge in [-0.1, -0.05) is 35.9 Å². The molecule has 5 rings (SSSR count). The van der Waals surface area contributed by atoms with Crippen LogP contribution in [0.5, 0.6) is 0 Å². The van der Waals surface area contributed by atoms with E-state index in [1.165, 1.54) is 0 Å². The molecule has 0 saturated carbocycles. The number of hydrogen-bond acceptors (Lipinski definition) is 4. The number of aromatic nitrogens is 3. The summed E-state index contributed by atoms with van der Waals surface area (Å²) in [6, 6.07) is 16.3. The lowest BCUT2D eigenvalue weighted by molar-refractivity contribution is 0.182. The number of carbonyl (C=O) groups excluding carboxylic acids is 1. The van der Waals surface area contributed by atoms with Gasteiger partial charge in [-0.05, 0) is 42.7 Å². The molecule has 2 amide bonds. The Hall–Kier alpha value is -3.52. The molecule has 3 heterocycles. The summed E-state index contributed by atoms with van der Waals surface area (Å²) in [4.78, 5) is 26.7. The van der Waals surface area contributed by atoms with E-state index in [0.717, 1.165) is 16.8 Å². The second-order valence-corrected chi connectivity index (χ2v) is 7.96. The number of piperidine rings is 1. The Kier molecular flexibility index (Phi) is 4.99. The number of amides is 2. The zero-order valence-corrected chi connectivity index (χ0v) is 17.3. The fourth-order valence-electron chi connectivity index (χ4n) is 4.01. The van der Waals surface area contributed by atoms with Gasteiger partial charge in [0.1, 0.15) is 0 Å². The van der Waals surface area contributed by atoms with Crippen LogP contribution in [0.3, 0.4) is 0 Å². The van der Waals surface area contributed by atoms with Crippen molar-refractivity contribution in [1.29, 1.82) is 0 Å². The summed E-state index contributed by atoms with van der Waals surface area (Å²) in [5.41, 5.74) is 3.09. The second kappa shape index (κ2) is 7.96.